The van der Waals surface area contributed by atoms with Gasteiger partial charge in [-0.15, -0.1) is 0 Å². The van der Waals surface area contributed by atoms with Crippen LogP contribution in [0, 0.1) is 23.2 Å². The highest BCUT2D eigenvalue weighted by atomic mass is 19.4. The summed E-state index contributed by atoms with van der Waals surface area (Å²) in [6.45, 7) is 5.76. The predicted molar refractivity (Wildman–Crippen MR) is 127 cm³/mol. The summed E-state index contributed by atoms with van der Waals surface area (Å²) in [6.07, 6.45) is -8.76. The van der Waals surface area contributed by atoms with Crippen molar-refractivity contribution in [2.24, 2.45) is 23.2 Å². The van der Waals surface area contributed by atoms with Crippen LogP contribution >= 0.6 is 0 Å². The molecule has 2 fully saturated rings. The highest BCUT2D eigenvalue weighted by Crippen LogP contribution is 2.55. The third-order valence-electron chi connectivity index (χ3n) is 8.70. The summed E-state index contributed by atoms with van der Waals surface area (Å²) in [5.41, 5.74) is -0.581. The van der Waals surface area contributed by atoms with E-state index in [9.17, 15) is 36.2 Å². The van der Waals surface area contributed by atoms with Crippen LogP contribution in [0.4, 0.5) is 26.3 Å². The van der Waals surface area contributed by atoms with Crippen LogP contribution in [0.1, 0.15) is 76.3 Å². The molecule has 0 unspecified atom stereocenters. The largest absolute Gasteiger partial charge is 0.490 e. The molecule has 204 valence electrons. The van der Waals surface area contributed by atoms with Crippen molar-refractivity contribution in [2.75, 3.05) is 0 Å². The highest BCUT2D eigenvalue weighted by molar-refractivity contribution is 5.89. The third kappa shape index (κ3) is 5.55. The maximum Gasteiger partial charge on any atom is 0.420 e. The van der Waals surface area contributed by atoms with E-state index in [0.29, 0.717) is 18.2 Å². The minimum atomic E-state index is -4.72. The van der Waals surface area contributed by atoms with Crippen LogP contribution in [0.3, 0.4) is 0 Å². The maximum absolute atomic E-state index is 14.3. The smallest absolute Gasteiger partial charge is 0.420 e. The first-order valence-corrected chi connectivity index (χ1v) is 12.7. The fourth-order valence-corrected chi connectivity index (χ4v) is 6.10. The predicted octanol–water partition coefficient (Wildman–Crippen LogP) is 8.60. The molecule has 1 N–H and O–H groups in total. The van der Waals surface area contributed by atoms with E-state index in [1.807, 2.05) is 20.8 Å². The Morgan fingerprint density at radius 1 is 1.05 bits per heavy atom. The van der Waals surface area contributed by atoms with Crippen LogP contribution < -0.4 is 4.74 Å². The zero-order chi connectivity index (χ0) is 27.3. The molecule has 0 heterocycles. The van der Waals surface area contributed by atoms with Crippen molar-refractivity contribution in [2.45, 2.75) is 83.7 Å². The molecule has 3 atom stereocenters. The van der Waals surface area contributed by atoms with E-state index >= 15 is 0 Å². The van der Waals surface area contributed by atoms with Crippen molar-refractivity contribution in [1.82, 2.24) is 0 Å². The molecular formula is C28H32F6O3. The van der Waals surface area contributed by atoms with Crippen molar-refractivity contribution < 1.29 is 41.0 Å². The van der Waals surface area contributed by atoms with E-state index in [4.69, 9.17) is 4.74 Å². The number of carbonyl (C=O) groups is 1. The molecule has 2 saturated carbocycles. The molecule has 0 saturated heterocycles. The van der Waals surface area contributed by atoms with Crippen LogP contribution in [0.15, 0.2) is 30.3 Å². The lowest BCUT2D eigenvalue weighted by Gasteiger charge is -2.51. The zero-order valence-electron chi connectivity index (χ0n) is 21.0. The van der Waals surface area contributed by atoms with Gasteiger partial charge in [-0.3, -0.25) is 4.79 Å². The Morgan fingerprint density at radius 2 is 1.68 bits per heavy atom. The van der Waals surface area contributed by atoms with Gasteiger partial charge in [0.05, 0.1) is 17.9 Å². The molecule has 2 aliphatic rings. The van der Waals surface area contributed by atoms with E-state index in [-0.39, 0.29) is 54.1 Å². The number of carboxylic acid groups (broad SMARTS) is 1. The number of carboxylic acids is 1. The van der Waals surface area contributed by atoms with Gasteiger partial charge in [0.25, 0.3) is 0 Å². The van der Waals surface area contributed by atoms with Crippen LogP contribution in [-0.2, 0) is 11.0 Å². The molecule has 2 aromatic rings. The highest BCUT2D eigenvalue weighted by Gasteiger charge is 2.52. The number of alkyl halides is 6. The lowest BCUT2D eigenvalue weighted by Crippen LogP contribution is -2.49. The first kappa shape index (κ1) is 27.6. The van der Waals surface area contributed by atoms with Gasteiger partial charge in [-0.25, -0.2) is 0 Å². The van der Waals surface area contributed by atoms with Gasteiger partial charge in [0.2, 0.25) is 0 Å². The summed E-state index contributed by atoms with van der Waals surface area (Å²) in [5, 5.41) is 9.78. The SMILES string of the molecule is C[C@@H](C[C@@H]1C[C@H](C(=O)O)C1(C)C)c1ccc2ccc(OC3CCC(C(F)(F)F)CC3)c(C(F)(F)F)c2c1. The topological polar surface area (TPSA) is 46.5 Å². The summed E-state index contributed by atoms with van der Waals surface area (Å²) in [5.74, 6) is -3.00. The number of halogens is 6. The van der Waals surface area contributed by atoms with Crippen molar-refractivity contribution >= 4 is 16.7 Å². The van der Waals surface area contributed by atoms with Crippen LogP contribution in [-0.4, -0.2) is 23.4 Å². The summed E-state index contributed by atoms with van der Waals surface area (Å²) >= 11 is 0. The Kier molecular flexibility index (Phi) is 7.23. The fraction of sp³-hybridized carbons (Fsp3) is 0.607. The third-order valence-corrected chi connectivity index (χ3v) is 8.70. The number of aliphatic carboxylic acids is 1. The van der Waals surface area contributed by atoms with Gasteiger partial charge in [0.1, 0.15) is 11.3 Å². The summed E-state index contributed by atoms with van der Waals surface area (Å²) in [4.78, 5) is 11.4. The standard InChI is InChI=1S/C28H32F6O3/c1-15(12-19-14-22(25(35)36)26(19,2)3)17-5-4-16-6-11-23(24(21(16)13-17)28(32,33)34)37-20-9-7-18(8-10-20)27(29,30)31/h4-6,11,13,15,18-20,22H,7-10,12,14H2,1-3H3,(H,35,36)/t15-,18?,19+,20?,22+/m0/s1. The Hall–Kier alpha value is -2.45. The Balaban J connectivity index is 1.58. The van der Waals surface area contributed by atoms with E-state index in [2.05, 4.69) is 0 Å². The minimum absolute atomic E-state index is 0.00499. The summed E-state index contributed by atoms with van der Waals surface area (Å²) in [7, 11) is 0. The van der Waals surface area contributed by atoms with Gasteiger partial charge >= 0.3 is 18.3 Å². The average molecular weight is 531 g/mol. The second-order valence-corrected chi connectivity index (χ2v) is 11.3. The quantitative estimate of drug-likeness (QED) is 0.381. The monoisotopic (exact) mass is 530 g/mol. The minimum Gasteiger partial charge on any atom is -0.490 e. The zero-order valence-corrected chi connectivity index (χ0v) is 21.0. The maximum atomic E-state index is 14.3. The van der Waals surface area contributed by atoms with Gasteiger partial charge in [0.15, 0.2) is 0 Å². The normalized spacial score (nSPS) is 26.9. The number of rotatable bonds is 6. The number of hydrogen-bond acceptors (Lipinski definition) is 2. The van der Waals surface area contributed by atoms with Crippen LogP contribution in [0.25, 0.3) is 10.8 Å². The Bertz CT molecular complexity index is 1150. The van der Waals surface area contributed by atoms with Crippen LogP contribution in [0.5, 0.6) is 5.75 Å². The number of benzene rings is 2. The van der Waals surface area contributed by atoms with Gasteiger partial charge in [-0.2, -0.15) is 26.3 Å². The van der Waals surface area contributed by atoms with Gasteiger partial charge in [-0.1, -0.05) is 45.0 Å². The molecule has 0 spiro atoms. The second-order valence-electron chi connectivity index (χ2n) is 11.3. The van der Waals surface area contributed by atoms with Gasteiger partial charge in [0, 0.05) is 0 Å². The molecule has 4 rings (SSSR count). The Morgan fingerprint density at radius 3 is 2.22 bits per heavy atom. The summed E-state index contributed by atoms with van der Waals surface area (Å²) in [6, 6.07) is 7.76. The number of ether oxygens (including phenoxy) is 1. The van der Waals surface area contributed by atoms with Gasteiger partial charge < -0.3 is 9.84 Å². The van der Waals surface area contributed by atoms with Crippen molar-refractivity contribution in [1.29, 1.82) is 0 Å². The van der Waals surface area contributed by atoms with E-state index in [1.54, 1.807) is 18.2 Å². The second kappa shape index (κ2) is 9.70. The average Bonchev–Trinajstić information content (AvgIpc) is 2.79. The molecular weight excluding hydrogens is 498 g/mol. The van der Waals surface area contributed by atoms with E-state index in [1.165, 1.54) is 12.1 Å². The lowest BCUT2D eigenvalue weighted by atomic mass is 9.53. The Labute approximate surface area is 212 Å². The summed E-state index contributed by atoms with van der Waals surface area (Å²) < 4.78 is 87.5. The number of hydrogen-bond donors (Lipinski definition) is 1. The molecule has 2 aliphatic carbocycles. The van der Waals surface area contributed by atoms with Gasteiger partial charge in [-0.05, 0) is 78.2 Å². The molecule has 3 nitrogen and oxygen atoms in total. The molecule has 9 heteroatoms. The molecule has 2 aromatic carbocycles. The molecule has 37 heavy (non-hydrogen) atoms. The fourth-order valence-electron chi connectivity index (χ4n) is 6.10. The van der Waals surface area contributed by atoms with E-state index in [0.717, 1.165) is 5.56 Å². The first-order chi connectivity index (χ1) is 17.1. The van der Waals surface area contributed by atoms with Crippen molar-refractivity contribution in [3.05, 3.63) is 41.5 Å². The van der Waals surface area contributed by atoms with Crippen molar-refractivity contribution in [3.63, 3.8) is 0 Å². The molecule has 0 aromatic heterocycles. The number of fused-ring (bicyclic) bond motifs is 1. The van der Waals surface area contributed by atoms with Crippen LogP contribution in [0.2, 0.25) is 0 Å². The molecule has 0 amide bonds. The molecule has 0 radical (unpaired) electrons. The first-order valence-electron chi connectivity index (χ1n) is 12.7. The van der Waals surface area contributed by atoms with E-state index < -0.39 is 41.8 Å². The molecule has 0 aliphatic heterocycles. The van der Waals surface area contributed by atoms with Crippen molar-refractivity contribution in [3.8, 4) is 5.75 Å². The lowest BCUT2D eigenvalue weighted by molar-refractivity contribution is -0.185. The molecule has 0 bridgehead atoms.